The number of nitrogens with one attached hydrogen (secondary N) is 1. The maximum atomic E-state index is 11.6. The van der Waals surface area contributed by atoms with Gasteiger partial charge in [-0.15, -0.1) is 0 Å². The smallest absolute Gasteiger partial charge is 0.190 e. The summed E-state index contributed by atoms with van der Waals surface area (Å²) < 4.78 is 23.2. The number of benzene rings is 1. The van der Waals surface area contributed by atoms with Gasteiger partial charge in [-0.3, -0.25) is 0 Å². The van der Waals surface area contributed by atoms with Gasteiger partial charge in [-0.1, -0.05) is 30.3 Å². The second-order valence-electron chi connectivity index (χ2n) is 4.70. The van der Waals surface area contributed by atoms with Crippen LogP contribution in [0, 0.1) is 0 Å². The normalized spacial score (nSPS) is 28.6. The van der Waals surface area contributed by atoms with E-state index < -0.39 is 9.84 Å². The first-order chi connectivity index (χ1) is 9.05. The van der Waals surface area contributed by atoms with Gasteiger partial charge in [0.2, 0.25) is 0 Å². The van der Waals surface area contributed by atoms with Gasteiger partial charge in [0.05, 0.1) is 29.8 Å². The fraction of sp³-hybridized carbons (Fsp3) is 0.333. The highest BCUT2D eigenvalue weighted by Gasteiger charge is 2.47. The van der Waals surface area contributed by atoms with Gasteiger partial charge >= 0.3 is 0 Å². The Morgan fingerprint density at radius 3 is 2.79 bits per heavy atom. The molecule has 2 saturated heterocycles. The van der Waals surface area contributed by atoms with Gasteiger partial charge in [-0.05, 0) is 17.8 Å². The Morgan fingerprint density at radius 1 is 1.32 bits per heavy atom. The number of hydrogen-bond donors (Lipinski definition) is 1. The van der Waals surface area contributed by atoms with E-state index in [1.807, 2.05) is 30.3 Å². The van der Waals surface area contributed by atoms with Gasteiger partial charge in [0.25, 0.3) is 0 Å². The quantitative estimate of drug-likeness (QED) is 0.631. The zero-order valence-electron chi connectivity index (χ0n) is 10.1. The van der Waals surface area contributed by atoms with Crippen LogP contribution in [0.3, 0.4) is 0 Å². The van der Waals surface area contributed by atoms with Crippen LogP contribution in [0.5, 0.6) is 0 Å². The molecular weight excluding hydrogens is 282 g/mol. The first kappa shape index (κ1) is 12.6. The fourth-order valence-electron chi connectivity index (χ4n) is 2.39. The topological polar surface area (TPSA) is 61.8 Å². The first-order valence-electron chi connectivity index (χ1n) is 5.94. The van der Waals surface area contributed by atoms with Crippen LogP contribution in [0.1, 0.15) is 5.56 Å². The van der Waals surface area contributed by atoms with Crippen LogP contribution in [0.25, 0.3) is 0 Å². The SMILES string of the molecule is O=S1(=O)C[C@@H]2NC(=S)N(/N=C/c3ccccc3)[C@H]2C1. The molecule has 0 aromatic heterocycles. The number of thiocarbonyl (C=S) groups is 1. The van der Waals surface area contributed by atoms with Crippen LogP contribution in [-0.2, 0) is 9.84 Å². The molecule has 2 atom stereocenters. The molecule has 19 heavy (non-hydrogen) atoms. The van der Waals surface area contributed by atoms with Crippen molar-refractivity contribution in [2.45, 2.75) is 12.1 Å². The summed E-state index contributed by atoms with van der Waals surface area (Å²) in [7, 11) is -2.98. The predicted molar refractivity (Wildman–Crippen MR) is 77.8 cm³/mol. The molecule has 100 valence electrons. The minimum absolute atomic E-state index is 0.108. The lowest BCUT2D eigenvalue weighted by Gasteiger charge is -2.16. The summed E-state index contributed by atoms with van der Waals surface area (Å²) in [6.45, 7) is 0. The standard InChI is InChI=1S/C12H13N3O2S2/c16-19(17)7-10-11(8-19)15(12(18)14-10)13-6-9-4-2-1-3-5-9/h1-6,10-11H,7-8H2,(H,14,18)/b13-6+/t10-,11-/m0/s1. The number of sulfone groups is 1. The number of nitrogens with zero attached hydrogens (tertiary/aromatic N) is 2. The molecule has 5 nitrogen and oxygen atoms in total. The third-order valence-electron chi connectivity index (χ3n) is 3.28. The molecule has 2 aliphatic rings. The maximum absolute atomic E-state index is 11.6. The molecule has 1 aromatic carbocycles. The van der Waals surface area contributed by atoms with Crippen molar-refractivity contribution in [1.82, 2.24) is 10.3 Å². The molecule has 0 bridgehead atoms. The Morgan fingerprint density at radius 2 is 2.05 bits per heavy atom. The summed E-state index contributed by atoms with van der Waals surface area (Å²) in [5.41, 5.74) is 0.953. The largest absolute Gasteiger partial charge is 0.355 e. The van der Waals surface area contributed by atoms with Crippen molar-refractivity contribution in [1.29, 1.82) is 0 Å². The van der Waals surface area contributed by atoms with Gasteiger partial charge in [0, 0.05) is 0 Å². The summed E-state index contributed by atoms with van der Waals surface area (Å²) in [6, 6.07) is 9.31. The predicted octanol–water partition coefficient (Wildman–Crippen LogP) is 0.376. The summed E-state index contributed by atoms with van der Waals surface area (Å²) in [5.74, 6) is 0.242. The van der Waals surface area contributed by atoms with Gasteiger partial charge < -0.3 is 5.32 Å². The number of hydrazone groups is 1. The van der Waals surface area contributed by atoms with Crippen molar-refractivity contribution in [2.24, 2.45) is 5.10 Å². The zero-order chi connectivity index (χ0) is 13.5. The van der Waals surface area contributed by atoms with E-state index in [1.54, 1.807) is 11.2 Å². The Kier molecular flexibility index (Phi) is 3.02. The molecule has 7 heteroatoms. The fourth-order valence-corrected chi connectivity index (χ4v) is 4.61. The van der Waals surface area contributed by atoms with Gasteiger partial charge in [-0.2, -0.15) is 5.10 Å². The molecule has 0 aliphatic carbocycles. The summed E-state index contributed by atoms with van der Waals surface area (Å²) in [4.78, 5) is 0. The molecule has 2 heterocycles. The summed E-state index contributed by atoms with van der Waals surface area (Å²) in [5, 5.41) is 9.45. The lowest BCUT2D eigenvalue weighted by Crippen LogP contribution is -2.32. The molecule has 2 aliphatic heterocycles. The molecule has 0 unspecified atom stereocenters. The van der Waals surface area contributed by atoms with E-state index in [4.69, 9.17) is 12.2 Å². The van der Waals surface area contributed by atoms with Gasteiger partial charge in [0.1, 0.15) is 0 Å². The van der Waals surface area contributed by atoms with Crippen LogP contribution in [-0.4, -0.2) is 48.3 Å². The lowest BCUT2D eigenvalue weighted by atomic mass is 10.2. The Balaban J connectivity index is 1.81. The van der Waals surface area contributed by atoms with E-state index in [1.165, 1.54) is 0 Å². The van der Waals surface area contributed by atoms with E-state index in [0.717, 1.165) is 5.56 Å². The molecular formula is C12H13N3O2S2. The highest BCUT2D eigenvalue weighted by Crippen LogP contribution is 2.24. The molecule has 3 rings (SSSR count). The van der Waals surface area contributed by atoms with Crippen molar-refractivity contribution < 1.29 is 8.42 Å². The number of fused-ring (bicyclic) bond motifs is 1. The maximum Gasteiger partial charge on any atom is 0.190 e. The summed E-state index contributed by atoms with van der Waals surface area (Å²) in [6.07, 6.45) is 1.70. The molecule has 0 amide bonds. The Bertz CT molecular complexity index is 628. The van der Waals surface area contributed by atoms with Crippen LogP contribution in [0.2, 0.25) is 0 Å². The van der Waals surface area contributed by atoms with Crippen LogP contribution < -0.4 is 5.32 Å². The minimum atomic E-state index is -2.98. The molecule has 1 N–H and O–H groups in total. The second-order valence-corrected chi connectivity index (χ2v) is 7.24. The van der Waals surface area contributed by atoms with E-state index >= 15 is 0 Å². The monoisotopic (exact) mass is 295 g/mol. The van der Waals surface area contributed by atoms with Crippen LogP contribution >= 0.6 is 12.2 Å². The number of rotatable bonds is 2. The average Bonchev–Trinajstić information content (AvgIpc) is 2.79. The van der Waals surface area contributed by atoms with Crippen LogP contribution in [0.4, 0.5) is 0 Å². The van der Waals surface area contributed by atoms with E-state index in [9.17, 15) is 8.42 Å². The zero-order valence-corrected chi connectivity index (χ0v) is 11.7. The molecule has 0 radical (unpaired) electrons. The molecule has 2 fully saturated rings. The third kappa shape index (κ3) is 2.48. The Labute approximate surface area is 117 Å². The molecule has 0 saturated carbocycles. The third-order valence-corrected chi connectivity index (χ3v) is 5.31. The van der Waals surface area contributed by atoms with Crippen molar-refractivity contribution in [3.8, 4) is 0 Å². The van der Waals surface area contributed by atoms with Crippen LogP contribution in [0.15, 0.2) is 35.4 Å². The lowest BCUT2D eigenvalue weighted by molar-refractivity contribution is 0.374. The second kappa shape index (κ2) is 4.57. The van der Waals surface area contributed by atoms with Crippen molar-refractivity contribution in [2.75, 3.05) is 11.5 Å². The molecule has 1 aromatic rings. The minimum Gasteiger partial charge on any atom is -0.355 e. The number of hydrogen-bond acceptors (Lipinski definition) is 4. The Hall–Kier alpha value is -1.47. The molecule has 0 spiro atoms. The van der Waals surface area contributed by atoms with Crippen molar-refractivity contribution in [3.63, 3.8) is 0 Å². The van der Waals surface area contributed by atoms with E-state index in [0.29, 0.717) is 5.11 Å². The van der Waals surface area contributed by atoms with E-state index in [2.05, 4.69) is 10.4 Å². The highest BCUT2D eigenvalue weighted by molar-refractivity contribution is 7.91. The average molecular weight is 295 g/mol. The van der Waals surface area contributed by atoms with Gasteiger partial charge in [0.15, 0.2) is 14.9 Å². The summed E-state index contributed by atoms with van der Waals surface area (Å²) >= 11 is 5.19. The first-order valence-corrected chi connectivity index (χ1v) is 8.17. The van der Waals surface area contributed by atoms with Crippen molar-refractivity contribution in [3.05, 3.63) is 35.9 Å². The van der Waals surface area contributed by atoms with Crippen molar-refractivity contribution >= 4 is 33.4 Å². The highest BCUT2D eigenvalue weighted by atomic mass is 32.2. The van der Waals surface area contributed by atoms with Gasteiger partial charge in [-0.25, -0.2) is 13.4 Å². The van der Waals surface area contributed by atoms with E-state index in [-0.39, 0.29) is 23.6 Å².